The molecule has 0 aliphatic heterocycles. The standard InChI is InChI=1S/C9H12N2/c10-6-7-4-8-2-1-3-11-9(8)5-7/h1-3,7H,4-6,10H2. The van der Waals surface area contributed by atoms with Gasteiger partial charge in [0.2, 0.25) is 0 Å². The van der Waals surface area contributed by atoms with Crippen LogP contribution in [0.1, 0.15) is 11.3 Å². The van der Waals surface area contributed by atoms with Crippen molar-refractivity contribution in [2.45, 2.75) is 12.8 Å². The third-order valence-electron chi connectivity index (χ3n) is 2.31. The first-order chi connectivity index (χ1) is 5.40. The Bertz CT molecular complexity index is 232. The average molecular weight is 148 g/mol. The number of hydrogen-bond donors (Lipinski definition) is 1. The molecule has 0 spiro atoms. The highest BCUT2D eigenvalue weighted by atomic mass is 14.7. The minimum Gasteiger partial charge on any atom is -0.330 e. The predicted octanol–water partition coefficient (Wildman–Crippen LogP) is 0.755. The molecule has 0 bridgehead atoms. The summed E-state index contributed by atoms with van der Waals surface area (Å²) in [5.74, 6) is 0.639. The number of nitrogens with two attached hydrogens (primary N) is 1. The van der Waals surface area contributed by atoms with Crippen molar-refractivity contribution >= 4 is 0 Å². The van der Waals surface area contributed by atoms with Crippen LogP contribution in [0, 0.1) is 5.92 Å². The molecule has 0 aromatic carbocycles. The van der Waals surface area contributed by atoms with Crippen molar-refractivity contribution in [3.63, 3.8) is 0 Å². The molecule has 1 aromatic heterocycles. The monoisotopic (exact) mass is 148 g/mol. The van der Waals surface area contributed by atoms with Crippen LogP contribution in [0.2, 0.25) is 0 Å². The van der Waals surface area contributed by atoms with Crippen molar-refractivity contribution in [3.8, 4) is 0 Å². The molecule has 1 aliphatic rings. The van der Waals surface area contributed by atoms with Crippen molar-refractivity contribution in [3.05, 3.63) is 29.6 Å². The van der Waals surface area contributed by atoms with Crippen LogP contribution < -0.4 is 5.73 Å². The molecule has 0 radical (unpaired) electrons. The number of rotatable bonds is 1. The van der Waals surface area contributed by atoms with E-state index in [-0.39, 0.29) is 0 Å². The zero-order valence-electron chi connectivity index (χ0n) is 6.46. The van der Waals surface area contributed by atoms with Crippen LogP contribution in [0.25, 0.3) is 0 Å². The van der Waals surface area contributed by atoms with Crippen molar-refractivity contribution in [2.75, 3.05) is 6.54 Å². The largest absolute Gasteiger partial charge is 0.330 e. The maximum Gasteiger partial charge on any atom is 0.0439 e. The van der Waals surface area contributed by atoms with E-state index in [2.05, 4.69) is 11.1 Å². The molecule has 1 unspecified atom stereocenters. The van der Waals surface area contributed by atoms with E-state index < -0.39 is 0 Å². The van der Waals surface area contributed by atoms with Gasteiger partial charge in [0.1, 0.15) is 0 Å². The zero-order chi connectivity index (χ0) is 7.68. The summed E-state index contributed by atoms with van der Waals surface area (Å²) in [4.78, 5) is 4.30. The lowest BCUT2D eigenvalue weighted by atomic mass is 10.1. The quantitative estimate of drug-likeness (QED) is 0.638. The van der Waals surface area contributed by atoms with E-state index in [1.54, 1.807) is 0 Å². The van der Waals surface area contributed by atoms with Crippen molar-refractivity contribution in [1.29, 1.82) is 0 Å². The molecular weight excluding hydrogens is 136 g/mol. The first kappa shape index (κ1) is 6.80. The van der Waals surface area contributed by atoms with Crippen LogP contribution in [0.15, 0.2) is 18.3 Å². The molecule has 0 saturated carbocycles. The number of fused-ring (bicyclic) bond motifs is 1. The first-order valence-corrected chi connectivity index (χ1v) is 4.03. The fraction of sp³-hybridized carbons (Fsp3) is 0.444. The molecule has 2 heteroatoms. The summed E-state index contributed by atoms with van der Waals surface area (Å²) in [5.41, 5.74) is 8.23. The number of aromatic nitrogens is 1. The minimum atomic E-state index is 0.639. The van der Waals surface area contributed by atoms with Gasteiger partial charge in [0.25, 0.3) is 0 Å². The Hall–Kier alpha value is -0.890. The second-order valence-corrected chi connectivity index (χ2v) is 3.12. The lowest BCUT2D eigenvalue weighted by molar-refractivity contribution is 0.572. The highest BCUT2D eigenvalue weighted by Gasteiger charge is 2.20. The molecule has 0 fully saturated rings. The average Bonchev–Trinajstić information content (AvgIpc) is 2.46. The number of pyridine rings is 1. The van der Waals surface area contributed by atoms with Crippen LogP contribution in [-0.2, 0) is 12.8 Å². The second kappa shape index (κ2) is 2.62. The topological polar surface area (TPSA) is 38.9 Å². The molecule has 2 rings (SSSR count). The fourth-order valence-corrected chi connectivity index (χ4v) is 1.66. The number of hydrogen-bond acceptors (Lipinski definition) is 2. The Kier molecular flexibility index (Phi) is 1.62. The van der Waals surface area contributed by atoms with Gasteiger partial charge >= 0.3 is 0 Å². The Labute approximate surface area is 66.4 Å². The van der Waals surface area contributed by atoms with Crippen LogP contribution in [0.4, 0.5) is 0 Å². The molecule has 2 nitrogen and oxygen atoms in total. The summed E-state index contributed by atoms with van der Waals surface area (Å²) in [6.07, 6.45) is 4.06. The Morgan fingerprint density at radius 2 is 2.45 bits per heavy atom. The van der Waals surface area contributed by atoms with E-state index in [1.807, 2.05) is 12.3 Å². The van der Waals surface area contributed by atoms with Gasteiger partial charge < -0.3 is 5.73 Å². The fourth-order valence-electron chi connectivity index (χ4n) is 1.66. The normalized spacial score (nSPS) is 21.7. The molecule has 1 heterocycles. The third kappa shape index (κ3) is 1.14. The zero-order valence-corrected chi connectivity index (χ0v) is 6.46. The van der Waals surface area contributed by atoms with Gasteiger partial charge in [0.05, 0.1) is 0 Å². The Morgan fingerprint density at radius 1 is 1.55 bits per heavy atom. The van der Waals surface area contributed by atoms with Gasteiger partial charge in [-0.1, -0.05) is 6.07 Å². The summed E-state index contributed by atoms with van der Waals surface area (Å²) in [6, 6.07) is 4.15. The Morgan fingerprint density at radius 3 is 3.18 bits per heavy atom. The maximum absolute atomic E-state index is 5.59. The summed E-state index contributed by atoms with van der Waals surface area (Å²) in [6.45, 7) is 0.788. The summed E-state index contributed by atoms with van der Waals surface area (Å²) < 4.78 is 0. The van der Waals surface area contributed by atoms with Gasteiger partial charge in [-0.25, -0.2) is 0 Å². The van der Waals surface area contributed by atoms with Crippen molar-refractivity contribution in [2.24, 2.45) is 11.7 Å². The summed E-state index contributed by atoms with van der Waals surface area (Å²) in [5, 5.41) is 0. The van der Waals surface area contributed by atoms with Gasteiger partial charge in [-0.2, -0.15) is 0 Å². The van der Waals surface area contributed by atoms with E-state index in [0.717, 1.165) is 19.4 Å². The van der Waals surface area contributed by atoms with Crippen molar-refractivity contribution < 1.29 is 0 Å². The van der Waals surface area contributed by atoms with Crippen LogP contribution in [0.5, 0.6) is 0 Å². The van der Waals surface area contributed by atoms with E-state index in [1.165, 1.54) is 11.3 Å². The van der Waals surface area contributed by atoms with E-state index in [4.69, 9.17) is 5.73 Å². The molecule has 1 aliphatic carbocycles. The molecule has 1 aromatic rings. The maximum atomic E-state index is 5.59. The van der Waals surface area contributed by atoms with Gasteiger partial charge in [0.15, 0.2) is 0 Å². The predicted molar refractivity (Wildman–Crippen MR) is 44.2 cm³/mol. The minimum absolute atomic E-state index is 0.639. The molecule has 58 valence electrons. The number of nitrogens with zero attached hydrogens (tertiary/aromatic N) is 1. The van der Waals surface area contributed by atoms with Gasteiger partial charge in [-0.15, -0.1) is 0 Å². The molecule has 0 amide bonds. The van der Waals surface area contributed by atoms with Crippen LogP contribution >= 0.6 is 0 Å². The van der Waals surface area contributed by atoms with E-state index in [0.29, 0.717) is 5.92 Å². The lowest BCUT2D eigenvalue weighted by Crippen LogP contribution is -2.13. The molecule has 2 N–H and O–H groups in total. The van der Waals surface area contributed by atoms with Crippen LogP contribution in [-0.4, -0.2) is 11.5 Å². The highest BCUT2D eigenvalue weighted by Crippen LogP contribution is 2.23. The second-order valence-electron chi connectivity index (χ2n) is 3.12. The van der Waals surface area contributed by atoms with E-state index in [9.17, 15) is 0 Å². The van der Waals surface area contributed by atoms with Crippen molar-refractivity contribution in [1.82, 2.24) is 4.98 Å². The first-order valence-electron chi connectivity index (χ1n) is 4.03. The molecule has 11 heavy (non-hydrogen) atoms. The van der Waals surface area contributed by atoms with Gasteiger partial charge in [-0.05, 0) is 36.9 Å². The summed E-state index contributed by atoms with van der Waals surface area (Å²) >= 11 is 0. The third-order valence-corrected chi connectivity index (χ3v) is 2.31. The van der Waals surface area contributed by atoms with E-state index >= 15 is 0 Å². The highest BCUT2D eigenvalue weighted by molar-refractivity contribution is 5.25. The lowest BCUT2D eigenvalue weighted by Gasteiger charge is -2.00. The Balaban J connectivity index is 2.27. The summed E-state index contributed by atoms with van der Waals surface area (Å²) in [7, 11) is 0. The van der Waals surface area contributed by atoms with Crippen LogP contribution in [0.3, 0.4) is 0 Å². The smallest absolute Gasteiger partial charge is 0.0439 e. The molecule has 0 saturated heterocycles. The molecule has 1 atom stereocenters. The van der Waals surface area contributed by atoms with Gasteiger partial charge in [-0.3, -0.25) is 4.98 Å². The molecular formula is C9H12N2. The van der Waals surface area contributed by atoms with Gasteiger partial charge in [0, 0.05) is 11.9 Å². The SMILES string of the molecule is NCC1Cc2cccnc2C1.